The molecule has 2 aromatic carbocycles. The Hall–Kier alpha value is -4.12. The third-order valence-corrected chi connectivity index (χ3v) is 5.05. The van der Waals surface area contributed by atoms with Crippen LogP contribution in [0.3, 0.4) is 0 Å². The summed E-state index contributed by atoms with van der Waals surface area (Å²) in [6, 6.07) is 15.3. The van der Waals surface area contributed by atoms with E-state index >= 15 is 0 Å². The molecule has 8 heteroatoms. The summed E-state index contributed by atoms with van der Waals surface area (Å²) in [7, 11) is 1.61. The number of methoxy groups -OCH3 is 1. The van der Waals surface area contributed by atoms with E-state index in [9.17, 15) is 5.26 Å². The number of nitrogens with two attached hydrogens (primary N) is 1. The molecule has 3 heterocycles. The van der Waals surface area contributed by atoms with Gasteiger partial charge in [0.05, 0.1) is 24.3 Å². The highest BCUT2D eigenvalue weighted by Crippen LogP contribution is 2.47. The molecular formula is C21H16N4O4. The van der Waals surface area contributed by atoms with E-state index in [1.165, 1.54) is 0 Å². The first-order valence-electron chi connectivity index (χ1n) is 8.89. The topological polar surface area (TPSA) is 115 Å². The Morgan fingerprint density at radius 3 is 2.72 bits per heavy atom. The Morgan fingerprint density at radius 1 is 1.17 bits per heavy atom. The minimum Gasteiger partial charge on any atom is -0.497 e. The number of nitriles is 1. The Labute approximate surface area is 166 Å². The zero-order valence-corrected chi connectivity index (χ0v) is 15.4. The van der Waals surface area contributed by atoms with Crippen LogP contribution in [0.2, 0.25) is 0 Å². The zero-order chi connectivity index (χ0) is 20.0. The maximum atomic E-state index is 9.79. The molecule has 0 fully saturated rings. The van der Waals surface area contributed by atoms with Crippen molar-refractivity contribution in [2.75, 3.05) is 13.9 Å². The molecule has 0 bridgehead atoms. The van der Waals surface area contributed by atoms with Crippen molar-refractivity contribution in [2.24, 2.45) is 5.73 Å². The third-order valence-electron chi connectivity index (χ3n) is 5.05. The van der Waals surface area contributed by atoms with Gasteiger partial charge in [0, 0.05) is 5.56 Å². The molecule has 0 saturated heterocycles. The van der Waals surface area contributed by atoms with E-state index in [2.05, 4.69) is 16.3 Å². The number of nitrogens with zero attached hydrogens (tertiary/aromatic N) is 2. The van der Waals surface area contributed by atoms with Crippen molar-refractivity contribution in [3.8, 4) is 40.5 Å². The van der Waals surface area contributed by atoms with Crippen molar-refractivity contribution in [3.05, 3.63) is 65.0 Å². The van der Waals surface area contributed by atoms with Crippen LogP contribution in [0.5, 0.6) is 23.1 Å². The van der Waals surface area contributed by atoms with Gasteiger partial charge in [0.2, 0.25) is 18.6 Å². The second-order valence-electron chi connectivity index (χ2n) is 6.58. The maximum Gasteiger partial charge on any atom is 0.244 e. The molecule has 2 aliphatic rings. The van der Waals surface area contributed by atoms with Crippen LogP contribution in [0.25, 0.3) is 11.3 Å². The third kappa shape index (κ3) is 2.63. The maximum absolute atomic E-state index is 9.79. The first-order valence-corrected chi connectivity index (χ1v) is 8.89. The largest absolute Gasteiger partial charge is 0.497 e. The van der Waals surface area contributed by atoms with Gasteiger partial charge in [-0.3, -0.25) is 5.10 Å². The number of hydrogen-bond acceptors (Lipinski definition) is 7. The molecule has 0 saturated carbocycles. The van der Waals surface area contributed by atoms with Crippen molar-refractivity contribution in [2.45, 2.75) is 5.92 Å². The van der Waals surface area contributed by atoms with Crippen molar-refractivity contribution in [1.29, 1.82) is 5.26 Å². The lowest BCUT2D eigenvalue weighted by molar-refractivity contribution is 0.174. The Balaban J connectivity index is 1.68. The average molecular weight is 388 g/mol. The fourth-order valence-electron chi connectivity index (χ4n) is 3.65. The molecule has 0 radical (unpaired) electrons. The number of H-pyrrole nitrogens is 1. The lowest BCUT2D eigenvalue weighted by atomic mass is 9.83. The number of hydrogen-bond donors (Lipinski definition) is 2. The number of rotatable bonds is 3. The van der Waals surface area contributed by atoms with Crippen molar-refractivity contribution >= 4 is 0 Å². The Morgan fingerprint density at radius 2 is 1.97 bits per heavy atom. The molecule has 2 aliphatic heterocycles. The Kier molecular flexibility index (Phi) is 3.81. The Bertz CT molecular complexity index is 1170. The first-order chi connectivity index (χ1) is 14.2. The van der Waals surface area contributed by atoms with Crippen LogP contribution in [0.15, 0.2) is 53.9 Å². The highest BCUT2D eigenvalue weighted by Gasteiger charge is 2.35. The van der Waals surface area contributed by atoms with Gasteiger partial charge in [0.15, 0.2) is 11.5 Å². The molecule has 0 aliphatic carbocycles. The van der Waals surface area contributed by atoms with E-state index in [4.69, 9.17) is 24.7 Å². The van der Waals surface area contributed by atoms with Crippen LogP contribution < -0.4 is 24.7 Å². The van der Waals surface area contributed by atoms with Gasteiger partial charge >= 0.3 is 0 Å². The molecule has 0 amide bonds. The molecular weight excluding hydrogens is 372 g/mol. The summed E-state index contributed by atoms with van der Waals surface area (Å²) in [6.07, 6.45) is 0. The summed E-state index contributed by atoms with van der Waals surface area (Å²) in [5.74, 6) is 2.01. The second kappa shape index (κ2) is 6.49. The van der Waals surface area contributed by atoms with Gasteiger partial charge in [-0.1, -0.05) is 12.1 Å². The molecule has 1 aromatic heterocycles. The average Bonchev–Trinajstić information content (AvgIpc) is 3.39. The summed E-state index contributed by atoms with van der Waals surface area (Å²) in [5.41, 5.74) is 9.52. The summed E-state index contributed by atoms with van der Waals surface area (Å²) < 4.78 is 21.8. The van der Waals surface area contributed by atoms with Gasteiger partial charge < -0.3 is 24.7 Å². The minimum atomic E-state index is -0.436. The predicted octanol–water partition coefficient (Wildman–Crippen LogP) is 3.03. The highest BCUT2D eigenvalue weighted by atomic mass is 16.7. The molecule has 29 heavy (non-hydrogen) atoms. The number of aromatic nitrogens is 2. The fraction of sp³-hybridized carbons (Fsp3) is 0.143. The van der Waals surface area contributed by atoms with Crippen LogP contribution in [0.4, 0.5) is 0 Å². The molecule has 8 nitrogen and oxygen atoms in total. The number of aromatic amines is 1. The van der Waals surface area contributed by atoms with Crippen molar-refractivity contribution < 1.29 is 18.9 Å². The quantitative estimate of drug-likeness (QED) is 0.708. The monoisotopic (exact) mass is 388 g/mol. The summed E-state index contributed by atoms with van der Waals surface area (Å²) in [6.45, 7) is 0.190. The van der Waals surface area contributed by atoms with E-state index in [0.717, 1.165) is 28.1 Å². The molecule has 5 rings (SSSR count). The number of benzene rings is 2. The first kappa shape index (κ1) is 17.0. The van der Waals surface area contributed by atoms with Crippen LogP contribution in [0.1, 0.15) is 17.0 Å². The lowest BCUT2D eigenvalue weighted by Crippen LogP contribution is -2.20. The molecule has 3 aromatic rings. The number of nitrogens with one attached hydrogen (secondary N) is 1. The van der Waals surface area contributed by atoms with Gasteiger partial charge in [0.25, 0.3) is 0 Å². The number of allylic oxidation sites excluding steroid dienone is 1. The standard InChI is InChI=1S/C21H16N4O4/c1-26-13-5-2-11(3-6-13)17-14(9-22)20(23)29-21-18(17)19(24-25-21)12-4-7-15-16(8-12)28-10-27-15/h2-8,17H,10,23H2,1H3,(H,24,25)/t17-/m0/s1. The highest BCUT2D eigenvalue weighted by molar-refractivity contribution is 5.73. The van der Waals surface area contributed by atoms with Crippen LogP contribution >= 0.6 is 0 Å². The SMILES string of the molecule is COc1ccc([C@H]2C(C#N)=C(N)Oc3n[nH]c(-c4ccc5c(c4)OCO5)c32)cc1. The van der Waals surface area contributed by atoms with Crippen molar-refractivity contribution in [1.82, 2.24) is 10.2 Å². The van der Waals surface area contributed by atoms with Gasteiger partial charge in [-0.25, -0.2) is 0 Å². The van der Waals surface area contributed by atoms with E-state index in [-0.39, 0.29) is 12.7 Å². The van der Waals surface area contributed by atoms with Crippen LogP contribution in [0, 0.1) is 11.3 Å². The van der Waals surface area contributed by atoms with E-state index < -0.39 is 5.92 Å². The molecule has 3 N–H and O–H groups in total. The lowest BCUT2D eigenvalue weighted by Gasteiger charge is -2.24. The van der Waals surface area contributed by atoms with E-state index in [0.29, 0.717) is 23.0 Å². The van der Waals surface area contributed by atoms with Gasteiger partial charge in [0.1, 0.15) is 17.4 Å². The second-order valence-corrected chi connectivity index (χ2v) is 6.58. The minimum absolute atomic E-state index is 0.0459. The summed E-state index contributed by atoms with van der Waals surface area (Å²) >= 11 is 0. The fourth-order valence-corrected chi connectivity index (χ4v) is 3.65. The molecule has 0 spiro atoms. The molecule has 144 valence electrons. The van der Waals surface area contributed by atoms with Gasteiger partial charge in [-0.15, -0.1) is 5.10 Å². The summed E-state index contributed by atoms with van der Waals surface area (Å²) in [4.78, 5) is 0. The smallest absolute Gasteiger partial charge is 0.244 e. The number of fused-ring (bicyclic) bond motifs is 2. The molecule has 1 atom stereocenters. The van der Waals surface area contributed by atoms with Gasteiger partial charge in [-0.05, 0) is 35.9 Å². The van der Waals surface area contributed by atoms with E-state index in [1.54, 1.807) is 7.11 Å². The normalized spacial score (nSPS) is 16.8. The summed E-state index contributed by atoms with van der Waals surface area (Å²) in [5, 5.41) is 17.1. The number of ether oxygens (including phenoxy) is 4. The zero-order valence-electron chi connectivity index (χ0n) is 15.4. The van der Waals surface area contributed by atoms with Crippen LogP contribution in [-0.4, -0.2) is 24.1 Å². The van der Waals surface area contributed by atoms with Crippen molar-refractivity contribution in [3.63, 3.8) is 0 Å². The molecule has 0 unspecified atom stereocenters. The van der Waals surface area contributed by atoms with Gasteiger partial charge in [-0.2, -0.15) is 5.26 Å². The van der Waals surface area contributed by atoms with Crippen LogP contribution in [-0.2, 0) is 0 Å². The predicted molar refractivity (Wildman–Crippen MR) is 102 cm³/mol. The van der Waals surface area contributed by atoms with E-state index in [1.807, 2.05) is 42.5 Å².